The highest BCUT2D eigenvalue weighted by molar-refractivity contribution is 5.75. The van der Waals surface area contributed by atoms with Gasteiger partial charge < -0.3 is 15.4 Å². The van der Waals surface area contributed by atoms with Gasteiger partial charge >= 0.3 is 5.97 Å². The van der Waals surface area contributed by atoms with Crippen LogP contribution < -0.4 is 10.6 Å². The van der Waals surface area contributed by atoms with Gasteiger partial charge in [0.2, 0.25) is 0 Å². The number of hydrogen-bond donors (Lipinski definition) is 1. The van der Waals surface area contributed by atoms with Crippen molar-refractivity contribution in [1.82, 2.24) is 5.23 Å². The zero-order valence-corrected chi connectivity index (χ0v) is 11.9. The maximum Gasteiger partial charge on any atom is 0.353 e. The molecule has 0 amide bonds. The second-order valence-electron chi connectivity index (χ2n) is 4.94. The second-order valence-corrected chi connectivity index (χ2v) is 4.94. The van der Waals surface area contributed by atoms with Crippen molar-refractivity contribution in [3.8, 4) is 5.75 Å². The Morgan fingerprint density at radius 1 is 1.14 bits per heavy atom. The SMILES string of the molecule is N[C@@H](Cc1ccccc1)C(=O)ON1C=Cc2ccccc2O1. The Kier molecular flexibility index (Phi) is 4.07. The van der Waals surface area contributed by atoms with E-state index >= 15 is 0 Å². The van der Waals surface area contributed by atoms with Crippen LogP contribution in [0.5, 0.6) is 5.75 Å². The summed E-state index contributed by atoms with van der Waals surface area (Å²) in [6.45, 7) is 0. The van der Waals surface area contributed by atoms with Gasteiger partial charge in [0.05, 0.1) is 6.20 Å². The number of hydroxylamine groups is 2. The van der Waals surface area contributed by atoms with E-state index in [1.807, 2.05) is 48.5 Å². The summed E-state index contributed by atoms with van der Waals surface area (Å²) in [6.07, 6.45) is 3.75. The third kappa shape index (κ3) is 3.27. The average molecular weight is 296 g/mol. The van der Waals surface area contributed by atoms with Gasteiger partial charge in [-0.15, -0.1) is 0 Å². The third-order valence-corrected chi connectivity index (χ3v) is 3.26. The fraction of sp³-hybridized carbons (Fsp3) is 0.118. The van der Waals surface area contributed by atoms with Crippen LogP contribution in [0.1, 0.15) is 11.1 Å². The van der Waals surface area contributed by atoms with E-state index in [2.05, 4.69) is 0 Å². The molecule has 5 nitrogen and oxygen atoms in total. The Morgan fingerprint density at radius 3 is 2.68 bits per heavy atom. The van der Waals surface area contributed by atoms with Crippen molar-refractivity contribution in [3.63, 3.8) is 0 Å². The van der Waals surface area contributed by atoms with Crippen molar-refractivity contribution in [3.05, 3.63) is 71.9 Å². The molecule has 0 aromatic heterocycles. The molecule has 0 bridgehead atoms. The van der Waals surface area contributed by atoms with Gasteiger partial charge in [0.25, 0.3) is 0 Å². The largest absolute Gasteiger partial charge is 0.353 e. The zero-order valence-electron chi connectivity index (χ0n) is 11.9. The molecule has 1 atom stereocenters. The van der Waals surface area contributed by atoms with Gasteiger partial charge in [-0.1, -0.05) is 48.5 Å². The van der Waals surface area contributed by atoms with Gasteiger partial charge in [0.15, 0.2) is 5.75 Å². The molecule has 2 aromatic rings. The molecular weight excluding hydrogens is 280 g/mol. The third-order valence-electron chi connectivity index (χ3n) is 3.26. The van der Waals surface area contributed by atoms with Gasteiger partial charge in [0, 0.05) is 5.56 Å². The van der Waals surface area contributed by atoms with Crippen LogP contribution in [0.25, 0.3) is 6.08 Å². The number of hydrogen-bond acceptors (Lipinski definition) is 5. The summed E-state index contributed by atoms with van der Waals surface area (Å²) < 4.78 is 0. The number of carbonyl (C=O) groups is 1. The first-order valence-electron chi connectivity index (χ1n) is 6.98. The lowest BCUT2D eigenvalue weighted by molar-refractivity contribution is -0.267. The minimum atomic E-state index is -0.753. The zero-order chi connectivity index (χ0) is 15.4. The summed E-state index contributed by atoms with van der Waals surface area (Å²) in [5.41, 5.74) is 7.78. The van der Waals surface area contributed by atoms with E-state index in [1.165, 1.54) is 6.20 Å². The van der Waals surface area contributed by atoms with Crippen LogP contribution in [0.15, 0.2) is 60.8 Å². The number of benzene rings is 2. The van der Waals surface area contributed by atoms with Crippen LogP contribution in [0, 0.1) is 0 Å². The number of fused-ring (bicyclic) bond motifs is 1. The number of rotatable bonds is 4. The number of nitrogens with two attached hydrogens (primary N) is 1. The van der Waals surface area contributed by atoms with Crippen LogP contribution in [-0.2, 0) is 16.1 Å². The van der Waals surface area contributed by atoms with E-state index in [-0.39, 0.29) is 0 Å². The molecule has 0 saturated heterocycles. The van der Waals surface area contributed by atoms with Crippen LogP contribution in [0.4, 0.5) is 0 Å². The standard InChI is InChI=1S/C17H16N2O3/c18-15(12-13-6-2-1-3-7-13)17(20)22-19-11-10-14-8-4-5-9-16(14)21-19/h1-11,15H,12,18H2/t15-/m0/s1. The predicted octanol–water partition coefficient (Wildman–Crippen LogP) is 2.29. The van der Waals surface area contributed by atoms with E-state index in [1.54, 1.807) is 12.1 Å². The summed E-state index contributed by atoms with van der Waals surface area (Å²) in [6, 6.07) is 16.3. The first-order valence-corrected chi connectivity index (χ1v) is 6.98. The molecule has 5 heteroatoms. The molecule has 0 spiro atoms. The van der Waals surface area contributed by atoms with Gasteiger partial charge in [-0.25, -0.2) is 4.79 Å². The van der Waals surface area contributed by atoms with E-state index in [4.69, 9.17) is 15.4 Å². The highest BCUT2D eigenvalue weighted by Gasteiger charge is 2.21. The van der Waals surface area contributed by atoms with Crippen molar-refractivity contribution < 1.29 is 14.5 Å². The summed E-state index contributed by atoms with van der Waals surface area (Å²) in [5.74, 6) is 0.0716. The van der Waals surface area contributed by atoms with Crippen LogP contribution in [-0.4, -0.2) is 17.2 Å². The second kappa shape index (κ2) is 6.32. The van der Waals surface area contributed by atoms with Crippen molar-refractivity contribution in [2.75, 3.05) is 0 Å². The maximum atomic E-state index is 12.0. The van der Waals surface area contributed by atoms with E-state index in [0.717, 1.165) is 16.4 Å². The minimum absolute atomic E-state index is 0.411. The molecule has 0 fully saturated rings. The predicted molar refractivity (Wildman–Crippen MR) is 82.2 cm³/mol. The lowest BCUT2D eigenvalue weighted by Crippen LogP contribution is -2.39. The number of para-hydroxylation sites is 1. The van der Waals surface area contributed by atoms with Crippen molar-refractivity contribution >= 4 is 12.0 Å². The molecule has 112 valence electrons. The Hall–Kier alpha value is -2.79. The monoisotopic (exact) mass is 296 g/mol. The molecule has 0 radical (unpaired) electrons. The maximum absolute atomic E-state index is 12.0. The van der Waals surface area contributed by atoms with E-state index < -0.39 is 12.0 Å². The molecule has 1 heterocycles. The highest BCUT2D eigenvalue weighted by atomic mass is 17.0. The Morgan fingerprint density at radius 2 is 1.86 bits per heavy atom. The highest BCUT2D eigenvalue weighted by Crippen LogP contribution is 2.24. The molecule has 2 aromatic carbocycles. The topological polar surface area (TPSA) is 64.8 Å². The molecule has 22 heavy (non-hydrogen) atoms. The fourth-order valence-electron chi connectivity index (χ4n) is 2.13. The fourth-order valence-corrected chi connectivity index (χ4v) is 2.13. The average Bonchev–Trinajstić information content (AvgIpc) is 2.55. The molecule has 0 saturated carbocycles. The van der Waals surface area contributed by atoms with Crippen LogP contribution >= 0.6 is 0 Å². The van der Waals surface area contributed by atoms with Crippen molar-refractivity contribution in [1.29, 1.82) is 0 Å². The molecule has 3 rings (SSSR count). The van der Waals surface area contributed by atoms with Crippen molar-refractivity contribution in [2.45, 2.75) is 12.5 Å². The normalized spacial score (nSPS) is 14.0. The first-order chi connectivity index (χ1) is 10.7. The van der Waals surface area contributed by atoms with E-state index in [0.29, 0.717) is 12.2 Å². The minimum Gasteiger partial charge on any atom is -0.345 e. The smallest absolute Gasteiger partial charge is 0.345 e. The molecule has 1 aliphatic heterocycles. The van der Waals surface area contributed by atoms with E-state index in [9.17, 15) is 4.79 Å². The lowest BCUT2D eigenvalue weighted by atomic mass is 10.1. The Labute approximate surface area is 128 Å². The molecule has 0 unspecified atom stereocenters. The summed E-state index contributed by atoms with van der Waals surface area (Å²) >= 11 is 0. The van der Waals surface area contributed by atoms with Gasteiger partial charge in [-0.05, 0) is 29.4 Å². The van der Waals surface area contributed by atoms with Gasteiger partial charge in [-0.3, -0.25) is 0 Å². The quantitative estimate of drug-likeness (QED) is 0.938. The van der Waals surface area contributed by atoms with Crippen molar-refractivity contribution in [2.24, 2.45) is 5.73 Å². The number of nitrogens with zero attached hydrogens (tertiary/aromatic N) is 1. The number of carbonyl (C=O) groups excluding carboxylic acids is 1. The van der Waals surface area contributed by atoms with Gasteiger partial charge in [-0.2, -0.15) is 0 Å². The van der Waals surface area contributed by atoms with Crippen LogP contribution in [0.2, 0.25) is 0 Å². The lowest BCUT2D eigenvalue weighted by Gasteiger charge is -2.24. The van der Waals surface area contributed by atoms with Gasteiger partial charge in [0.1, 0.15) is 6.04 Å². The molecule has 2 N–H and O–H groups in total. The molecule has 0 aliphatic carbocycles. The van der Waals surface area contributed by atoms with Crippen LogP contribution in [0.3, 0.4) is 0 Å². The first kappa shape index (κ1) is 14.2. The Balaban J connectivity index is 1.59. The summed E-state index contributed by atoms with van der Waals surface area (Å²) in [7, 11) is 0. The molecule has 1 aliphatic rings. The molecular formula is C17H16N2O3. The Bertz CT molecular complexity index is 685. The summed E-state index contributed by atoms with van der Waals surface area (Å²) in [5, 5.41) is 1.02. The summed E-state index contributed by atoms with van der Waals surface area (Å²) in [4.78, 5) is 22.6.